The number of hydrogen-bond donors (Lipinski definition) is 0. The van der Waals surface area contributed by atoms with Crippen LogP contribution < -0.4 is 0 Å². The van der Waals surface area contributed by atoms with Crippen molar-refractivity contribution in [1.29, 1.82) is 0 Å². The van der Waals surface area contributed by atoms with Crippen molar-refractivity contribution in [2.45, 2.75) is 18.2 Å². The lowest BCUT2D eigenvalue weighted by atomic mass is 9.84. The minimum Gasteiger partial charge on any atom is -0.440 e. The van der Waals surface area contributed by atoms with Gasteiger partial charge >= 0.3 is 0 Å². The monoisotopic (exact) mass is 261 g/mol. The van der Waals surface area contributed by atoms with Crippen molar-refractivity contribution < 1.29 is 9.21 Å². The average molecular weight is 262 g/mol. The highest BCUT2D eigenvalue weighted by molar-refractivity contribution is 6.29. The predicted octanol–water partition coefficient (Wildman–Crippen LogP) is 3.02. The van der Waals surface area contributed by atoms with Crippen molar-refractivity contribution in [2.75, 3.05) is 13.6 Å². The van der Waals surface area contributed by atoms with E-state index in [0.717, 1.165) is 19.4 Å². The smallest absolute Gasteiger partial charge is 0.289 e. The van der Waals surface area contributed by atoms with Crippen molar-refractivity contribution in [1.82, 2.24) is 4.90 Å². The van der Waals surface area contributed by atoms with Crippen LogP contribution in [0.3, 0.4) is 0 Å². The van der Waals surface area contributed by atoms with Gasteiger partial charge in [-0.05, 0) is 42.5 Å². The third kappa shape index (κ3) is 2.53. The Bertz CT molecular complexity index is 385. The van der Waals surface area contributed by atoms with E-state index in [4.69, 9.17) is 27.6 Å². The third-order valence-electron chi connectivity index (χ3n) is 2.84. The number of rotatable bonds is 3. The van der Waals surface area contributed by atoms with Gasteiger partial charge in [0.2, 0.25) is 0 Å². The lowest BCUT2D eigenvalue weighted by molar-refractivity contribution is 0.0715. The van der Waals surface area contributed by atoms with E-state index < -0.39 is 0 Å². The van der Waals surface area contributed by atoms with Crippen LogP contribution in [0.5, 0.6) is 0 Å². The summed E-state index contributed by atoms with van der Waals surface area (Å²) in [5, 5.41) is 0.521. The van der Waals surface area contributed by atoms with Crippen LogP contribution >= 0.6 is 23.2 Å². The molecule has 16 heavy (non-hydrogen) atoms. The molecule has 2 rings (SSSR count). The van der Waals surface area contributed by atoms with Crippen LogP contribution in [0.4, 0.5) is 0 Å². The molecule has 1 fully saturated rings. The molecule has 0 radical (unpaired) electrons. The predicted molar refractivity (Wildman–Crippen MR) is 63.0 cm³/mol. The van der Waals surface area contributed by atoms with Crippen molar-refractivity contribution in [3.63, 3.8) is 0 Å². The molecule has 88 valence electrons. The molecular formula is C11H13Cl2NO2. The Morgan fingerprint density at radius 1 is 1.56 bits per heavy atom. The van der Waals surface area contributed by atoms with Crippen molar-refractivity contribution in [3.05, 3.63) is 23.1 Å². The van der Waals surface area contributed by atoms with Crippen LogP contribution in [-0.4, -0.2) is 29.8 Å². The number of amides is 1. The second kappa shape index (κ2) is 4.68. The molecule has 3 nitrogen and oxygen atoms in total. The first kappa shape index (κ1) is 11.8. The van der Waals surface area contributed by atoms with Gasteiger partial charge in [-0.2, -0.15) is 0 Å². The zero-order valence-corrected chi connectivity index (χ0v) is 10.5. The molecule has 0 unspecified atom stereocenters. The van der Waals surface area contributed by atoms with Gasteiger partial charge in [0.1, 0.15) is 0 Å². The van der Waals surface area contributed by atoms with Crippen LogP contribution in [-0.2, 0) is 0 Å². The van der Waals surface area contributed by atoms with Gasteiger partial charge in [0, 0.05) is 19.0 Å². The number of alkyl halides is 1. The van der Waals surface area contributed by atoms with E-state index in [9.17, 15) is 4.79 Å². The number of furan rings is 1. The van der Waals surface area contributed by atoms with Crippen molar-refractivity contribution in [2.24, 2.45) is 5.92 Å². The molecule has 1 heterocycles. The van der Waals surface area contributed by atoms with Crippen LogP contribution in [0.15, 0.2) is 16.5 Å². The third-order valence-corrected chi connectivity index (χ3v) is 3.40. The first-order valence-corrected chi connectivity index (χ1v) is 6.02. The van der Waals surface area contributed by atoms with Gasteiger partial charge in [0.25, 0.3) is 5.91 Å². The van der Waals surface area contributed by atoms with E-state index in [1.54, 1.807) is 24.1 Å². The van der Waals surface area contributed by atoms with Gasteiger partial charge in [0.05, 0.1) is 0 Å². The maximum atomic E-state index is 11.9. The Kier molecular flexibility index (Phi) is 3.45. The second-order valence-corrected chi connectivity index (χ2v) is 5.21. The zero-order chi connectivity index (χ0) is 11.7. The van der Waals surface area contributed by atoms with Crippen molar-refractivity contribution >= 4 is 29.1 Å². The lowest BCUT2D eigenvalue weighted by Crippen LogP contribution is -2.37. The van der Waals surface area contributed by atoms with Gasteiger partial charge < -0.3 is 9.32 Å². The number of halogens is 2. The molecule has 1 aromatic rings. The van der Waals surface area contributed by atoms with E-state index in [1.165, 1.54) is 0 Å². The summed E-state index contributed by atoms with van der Waals surface area (Å²) in [6, 6.07) is 3.16. The van der Waals surface area contributed by atoms with Crippen LogP contribution in [0, 0.1) is 5.92 Å². The Morgan fingerprint density at radius 2 is 2.25 bits per heavy atom. The average Bonchev–Trinajstić information content (AvgIpc) is 2.61. The summed E-state index contributed by atoms with van der Waals surface area (Å²) in [7, 11) is 1.76. The molecule has 1 aliphatic carbocycles. The zero-order valence-electron chi connectivity index (χ0n) is 8.95. The highest BCUT2D eigenvalue weighted by Gasteiger charge is 2.29. The van der Waals surface area contributed by atoms with Crippen LogP contribution in [0.25, 0.3) is 0 Å². The quantitative estimate of drug-likeness (QED) is 0.784. The highest BCUT2D eigenvalue weighted by Crippen LogP contribution is 2.32. The summed E-state index contributed by atoms with van der Waals surface area (Å²) in [4.78, 5) is 13.5. The molecule has 0 atom stereocenters. The summed E-state index contributed by atoms with van der Waals surface area (Å²) in [6.45, 7) is 0.723. The first-order chi connectivity index (χ1) is 7.56. The Balaban J connectivity index is 1.89. The summed E-state index contributed by atoms with van der Waals surface area (Å²) >= 11 is 11.5. The number of carbonyl (C=O) groups is 1. The van der Waals surface area contributed by atoms with Gasteiger partial charge in [-0.1, -0.05) is 0 Å². The first-order valence-electron chi connectivity index (χ1n) is 5.21. The normalized spacial score (nSPS) is 23.9. The van der Waals surface area contributed by atoms with Crippen molar-refractivity contribution in [3.8, 4) is 0 Å². The molecule has 5 heteroatoms. The van der Waals surface area contributed by atoms with Crippen LogP contribution in [0.2, 0.25) is 5.22 Å². The van der Waals surface area contributed by atoms with Gasteiger partial charge in [-0.15, -0.1) is 11.6 Å². The van der Waals surface area contributed by atoms with Gasteiger partial charge in [-0.25, -0.2) is 0 Å². The molecule has 1 aromatic heterocycles. The topological polar surface area (TPSA) is 33.5 Å². The molecule has 0 aliphatic heterocycles. The number of hydrogen-bond acceptors (Lipinski definition) is 2. The van der Waals surface area contributed by atoms with Crippen LogP contribution in [0.1, 0.15) is 23.4 Å². The van der Waals surface area contributed by atoms with E-state index >= 15 is 0 Å². The summed E-state index contributed by atoms with van der Waals surface area (Å²) in [5.41, 5.74) is 0. The fourth-order valence-electron chi connectivity index (χ4n) is 1.89. The Morgan fingerprint density at radius 3 is 2.75 bits per heavy atom. The number of carbonyl (C=O) groups excluding carboxylic acids is 1. The summed E-state index contributed by atoms with van der Waals surface area (Å²) in [6.07, 6.45) is 1.97. The highest BCUT2D eigenvalue weighted by atomic mass is 35.5. The second-order valence-electron chi connectivity index (χ2n) is 4.22. The molecule has 0 N–H and O–H groups in total. The molecule has 0 saturated heterocycles. The number of nitrogens with zero attached hydrogens (tertiary/aromatic N) is 1. The van der Waals surface area contributed by atoms with Gasteiger partial charge in [0.15, 0.2) is 11.0 Å². The molecule has 1 aliphatic rings. The van der Waals surface area contributed by atoms with E-state index in [2.05, 4.69) is 0 Å². The Labute approximate surface area is 104 Å². The van der Waals surface area contributed by atoms with E-state index in [-0.39, 0.29) is 22.3 Å². The maximum absolute atomic E-state index is 11.9. The summed E-state index contributed by atoms with van der Waals surface area (Å²) < 4.78 is 5.07. The lowest BCUT2D eigenvalue weighted by Gasteiger charge is -2.33. The molecule has 0 spiro atoms. The summed E-state index contributed by atoms with van der Waals surface area (Å²) in [5.74, 6) is 0.668. The van der Waals surface area contributed by atoms with Gasteiger partial charge in [-0.3, -0.25) is 4.79 Å². The standard InChI is InChI=1S/C11H13Cl2NO2/c1-14(6-7-4-8(12)5-7)11(15)9-2-3-10(13)16-9/h2-3,7-8H,4-6H2,1H3. The fourth-order valence-corrected chi connectivity index (χ4v) is 2.54. The minimum absolute atomic E-state index is 0.134. The largest absolute Gasteiger partial charge is 0.440 e. The molecular weight excluding hydrogens is 249 g/mol. The molecule has 1 saturated carbocycles. The molecule has 0 aromatic carbocycles. The minimum atomic E-state index is -0.134. The fraction of sp³-hybridized carbons (Fsp3) is 0.545. The molecule has 1 amide bonds. The maximum Gasteiger partial charge on any atom is 0.289 e. The SMILES string of the molecule is CN(CC1CC(Cl)C1)C(=O)c1ccc(Cl)o1. The molecule has 0 bridgehead atoms. The van der Waals surface area contributed by atoms with E-state index in [1.807, 2.05) is 0 Å². The van der Waals surface area contributed by atoms with E-state index in [0.29, 0.717) is 5.92 Å². The Hall–Kier alpha value is -0.670.